The first kappa shape index (κ1) is 14.9. The molecule has 0 aliphatic rings. The van der Waals surface area contributed by atoms with Gasteiger partial charge in [-0.15, -0.1) is 0 Å². The molecule has 0 heterocycles. The molecule has 2 atom stereocenters. The Morgan fingerprint density at radius 2 is 1.93 bits per heavy atom. The van der Waals surface area contributed by atoms with Crippen LogP contribution in [-0.2, 0) is 4.74 Å². The molecule has 3 heteroatoms. The van der Waals surface area contributed by atoms with Crippen molar-refractivity contribution in [3.63, 3.8) is 0 Å². The standard InChI is InChI=1S/C12H28N2O/c1-6-11(3)13-8-9-14(7-2)12(4)10-15-5/h11-13H,6-10H2,1-5H3. The van der Waals surface area contributed by atoms with Crippen LogP contribution in [0.3, 0.4) is 0 Å². The van der Waals surface area contributed by atoms with E-state index >= 15 is 0 Å². The molecule has 0 spiro atoms. The van der Waals surface area contributed by atoms with Crippen molar-refractivity contribution in [2.24, 2.45) is 0 Å². The van der Waals surface area contributed by atoms with E-state index in [0.717, 1.165) is 26.2 Å². The van der Waals surface area contributed by atoms with Crippen molar-refractivity contribution in [2.75, 3.05) is 33.4 Å². The highest BCUT2D eigenvalue weighted by molar-refractivity contribution is 4.67. The summed E-state index contributed by atoms with van der Waals surface area (Å²) < 4.78 is 5.17. The van der Waals surface area contributed by atoms with Gasteiger partial charge in [-0.05, 0) is 26.8 Å². The summed E-state index contributed by atoms with van der Waals surface area (Å²) in [5.41, 5.74) is 0. The van der Waals surface area contributed by atoms with Gasteiger partial charge in [0.25, 0.3) is 0 Å². The van der Waals surface area contributed by atoms with Crippen LogP contribution >= 0.6 is 0 Å². The molecule has 0 aromatic rings. The third kappa shape index (κ3) is 6.88. The van der Waals surface area contributed by atoms with Crippen molar-refractivity contribution in [2.45, 2.75) is 46.2 Å². The van der Waals surface area contributed by atoms with Crippen molar-refractivity contribution >= 4 is 0 Å². The maximum atomic E-state index is 5.17. The molecule has 0 aliphatic carbocycles. The molecule has 0 fully saturated rings. The summed E-state index contributed by atoms with van der Waals surface area (Å²) in [7, 11) is 1.77. The third-order valence-corrected chi connectivity index (χ3v) is 2.94. The van der Waals surface area contributed by atoms with Gasteiger partial charge in [-0.3, -0.25) is 4.90 Å². The number of ether oxygens (including phenoxy) is 1. The Morgan fingerprint density at radius 3 is 2.40 bits per heavy atom. The van der Waals surface area contributed by atoms with E-state index in [-0.39, 0.29) is 0 Å². The van der Waals surface area contributed by atoms with Crippen LogP contribution in [0.15, 0.2) is 0 Å². The summed E-state index contributed by atoms with van der Waals surface area (Å²) in [6.45, 7) is 12.9. The Labute approximate surface area is 95.2 Å². The molecule has 0 rings (SSSR count). The predicted octanol–water partition coefficient (Wildman–Crippen LogP) is 1.73. The maximum absolute atomic E-state index is 5.17. The second kappa shape index (κ2) is 9.13. The van der Waals surface area contributed by atoms with Gasteiger partial charge in [0.05, 0.1) is 6.61 Å². The zero-order valence-corrected chi connectivity index (χ0v) is 11.0. The zero-order valence-electron chi connectivity index (χ0n) is 11.0. The van der Waals surface area contributed by atoms with Crippen LogP contribution in [0, 0.1) is 0 Å². The van der Waals surface area contributed by atoms with Gasteiger partial charge in [0, 0.05) is 32.3 Å². The van der Waals surface area contributed by atoms with Crippen molar-refractivity contribution in [1.82, 2.24) is 10.2 Å². The minimum absolute atomic E-state index is 0.513. The SMILES string of the molecule is CCC(C)NCCN(CC)C(C)COC. The van der Waals surface area contributed by atoms with Crippen LogP contribution in [0.25, 0.3) is 0 Å². The van der Waals surface area contributed by atoms with E-state index in [0.29, 0.717) is 12.1 Å². The average molecular weight is 216 g/mol. The molecule has 15 heavy (non-hydrogen) atoms. The number of hydrogen-bond donors (Lipinski definition) is 1. The van der Waals surface area contributed by atoms with E-state index in [1.807, 2.05) is 0 Å². The molecule has 0 aromatic heterocycles. The third-order valence-electron chi connectivity index (χ3n) is 2.94. The highest BCUT2D eigenvalue weighted by Gasteiger charge is 2.11. The fraction of sp³-hybridized carbons (Fsp3) is 1.00. The van der Waals surface area contributed by atoms with Crippen LogP contribution < -0.4 is 5.32 Å². The number of nitrogens with zero attached hydrogens (tertiary/aromatic N) is 1. The second-order valence-corrected chi connectivity index (χ2v) is 4.20. The van der Waals surface area contributed by atoms with Gasteiger partial charge in [-0.2, -0.15) is 0 Å². The number of likely N-dealkylation sites (N-methyl/N-ethyl adjacent to an activating group) is 1. The number of nitrogens with one attached hydrogen (secondary N) is 1. The van der Waals surface area contributed by atoms with Crippen molar-refractivity contribution in [1.29, 1.82) is 0 Å². The van der Waals surface area contributed by atoms with Crippen molar-refractivity contribution in [3.05, 3.63) is 0 Å². The molecular formula is C12H28N2O. The Balaban J connectivity index is 3.69. The number of methoxy groups -OCH3 is 1. The molecule has 3 nitrogen and oxygen atoms in total. The van der Waals surface area contributed by atoms with Crippen molar-refractivity contribution in [3.8, 4) is 0 Å². The van der Waals surface area contributed by atoms with Gasteiger partial charge in [0.1, 0.15) is 0 Å². The molecule has 2 unspecified atom stereocenters. The lowest BCUT2D eigenvalue weighted by Crippen LogP contribution is -2.41. The lowest BCUT2D eigenvalue weighted by molar-refractivity contribution is 0.103. The summed E-state index contributed by atoms with van der Waals surface area (Å²) in [6, 6.07) is 1.14. The van der Waals surface area contributed by atoms with Crippen LogP contribution in [-0.4, -0.2) is 50.3 Å². The summed E-state index contributed by atoms with van der Waals surface area (Å²) in [5, 5.41) is 3.51. The predicted molar refractivity (Wildman–Crippen MR) is 66.3 cm³/mol. The van der Waals surface area contributed by atoms with Gasteiger partial charge in [0.15, 0.2) is 0 Å². The summed E-state index contributed by atoms with van der Waals surface area (Å²) in [6.07, 6.45) is 1.19. The highest BCUT2D eigenvalue weighted by Crippen LogP contribution is 1.98. The van der Waals surface area contributed by atoms with Crippen molar-refractivity contribution < 1.29 is 4.74 Å². The molecule has 1 N–H and O–H groups in total. The fourth-order valence-electron chi connectivity index (χ4n) is 1.64. The molecule has 0 aromatic carbocycles. The Morgan fingerprint density at radius 1 is 1.27 bits per heavy atom. The van der Waals surface area contributed by atoms with Crippen LogP contribution in [0.2, 0.25) is 0 Å². The Hall–Kier alpha value is -0.120. The van der Waals surface area contributed by atoms with E-state index in [1.165, 1.54) is 6.42 Å². The lowest BCUT2D eigenvalue weighted by Gasteiger charge is -2.27. The number of hydrogen-bond acceptors (Lipinski definition) is 3. The molecule has 92 valence electrons. The Kier molecular flexibility index (Phi) is 9.06. The molecule has 0 bridgehead atoms. The largest absolute Gasteiger partial charge is 0.383 e. The van der Waals surface area contributed by atoms with E-state index in [4.69, 9.17) is 4.74 Å². The van der Waals surface area contributed by atoms with Gasteiger partial charge < -0.3 is 10.1 Å². The fourth-order valence-corrected chi connectivity index (χ4v) is 1.64. The van der Waals surface area contributed by atoms with Gasteiger partial charge in [-0.1, -0.05) is 13.8 Å². The van der Waals surface area contributed by atoms with Gasteiger partial charge >= 0.3 is 0 Å². The zero-order chi connectivity index (χ0) is 11.7. The molecule has 0 saturated carbocycles. The van der Waals surface area contributed by atoms with E-state index < -0.39 is 0 Å². The smallest absolute Gasteiger partial charge is 0.0615 e. The average Bonchev–Trinajstić information content (AvgIpc) is 2.24. The van der Waals surface area contributed by atoms with Gasteiger partial charge in [0.2, 0.25) is 0 Å². The van der Waals surface area contributed by atoms with Crippen LogP contribution in [0.5, 0.6) is 0 Å². The first-order valence-electron chi connectivity index (χ1n) is 6.12. The molecule has 0 radical (unpaired) electrons. The minimum Gasteiger partial charge on any atom is -0.383 e. The summed E-state index contributed by atoms with van der Waals surface area (Å²) in [4.78, 5) is 2.44. The summed E-state index contributed by atoms with van der Waals surface area (Å²) in [5.74, 6) is 0. The highest BCUT2D eigenvalue weighted by atomic mass is 16.5. The second-order valence-electron chi connectivity index (χ2n) is 4.20. The molecule has 0 saturated heterocycles. The first-order valence-corrected chi connectivity index (χ1v) is 6.12. The van der Waals surface area contributed by atoms with E-state index in [1.54, 1.807) is 7.11 Å². The number of rotatable bonds is 9. The van der Waals surface area contributed by atoms with Crippen LogP contribution in [0.1, 0.15) is 34.1 Å². The first-order chi connectivity index (χ1) is 7.15. The topological polar surface area (TPSA) is 24.5 Å². The summed E-state index contributed by atoms with van der Waals surface area (Å²) >= 11 is 0. The normalized spacial score (nSPS) is 15.6. The van der Waals surface area contributed by atoms with E-state index in [9.17, 15) is 0 Å². The Bertz CT molecular complexity index is 142. The minimum atomic E-state index is 0.513. The molecule has 0 aliphatic heterocycles. The quantitative estimate of drug-likeness (QED) is 0.635. The van der Waals surface area contributed by atoms with Gasteiger partial charge in [-0.25, -0.2) is 0 Å². The molecule has 0 amide bonds. The monoisotopic (exact) mass is 216 g/mol. The lowest BCUT2D eigenvalue weighted by atomic mass is 10.2. The van der Waals surface area contributed by atoms with Crippen LogP contribution in [0.4, 0.5) is 0 Å². The maximum Gasteiger partial charge on any atom is 0.0615 e. The molecular weight excluding hydrogens is 188 g/mol. The van der Waals surface area contributed by atoms with E-state index in [2.05, 4.69) is 37.9 Å².